The van der Waals surface area contributed by atoms with Crippen molar-refractivity contribution in [2.75, 3.05) is 20.8 Å². The van der Waals surface area contributed by atoms with Crippen LogP contribution in [0.4, 0.5) is 5.69 Å². The van der Waals surface area contributed by atoms with Gasteiger partial charge in [-0.3, -0.25) is 19.5 Å². The summed E-state index contributed by atoms with van der Waals surface area (Å²) in [6.45, 7) is 3.81. The van der Waals surface area contributed by atoms with Gasteiger partial charge in [-0.15, -0.1) is 0 Å². The van der Waals surface area contributed by atoms with E-state index in [0.29, 0.717) is 47.9 Å². The highest BCUT2D eigenvalue weighted by atomic mass is 79.9. The van der Waals surface area contributed by atoms with Gasteiger partial charge in [-0.25, -0.2) is 9.79 Å². The third-order valence-electron chi connectivity index (χ3n) is 7.04. The third kappa shape index (κ3) is 6.54. The highest BCUT2D eigenvalue weighted by Gasteiger charge is 2.33. The SMILES string of the molecule is CCOC(=O)C1=C(C)N=c2s/c(=C/c3ccc(OCc4ccc([N+](=O)[O-])cc4)c(OC)c3)c(=O)n2[C@H]1c1ccc(OC)c(Br)c1. The van der Waals surface area contributed by atoms with Gasteiger partial charge in [-0.1, -0.05) is 23.5 Å². The number of ether oxygens (including phenoxy) is 4. The molecule has 0 saturated heterocycles. The molecule has 0 fully saturated rings. The lowest BCUT2D eigenvalue weighted by molar-refractivity contribution is -0.384. The van der Waals surface area contributed by atoms with E-state index in [9.17, 15) is 19.7 Å². The molecule has 0 N–H and O–H groups in total. The van der Waals surface area contributed by atoms with Crippen LogP contribution in [-0.2, 0) is 16.1 Å². The Morgan fingerprint density at radius 2 is 1.78 bits per heavy atom. The molecule has 2 heterocycles. The zero-order valence-electron chi connectivity index (χ0n) is 24.7. The number of allylic oxidation sites excluding steroid dienone is 1. The van der Waals surface area contributed by atoms with Crippen molar-refractivity contribution in [3.05, 3.63) is 123 Å². The first kappa shape index (κ1) is 31.7. The van der Waals surface area contributed by atoms with E-state index in [-0.39, 0.29) is 30.0 Å². The second-order valence-electron chi connectivity index (χ2n) is 9.82. The van der Waals surface area contributed by atoms with Crippen LogP contribution in [0.25, 0.3) is 6.08 Å². The molecule has 1 aliphatic heterocycles. The van der Waals surface area contributed by atoms with Gasteiger partial charge < -0.3 is 18.9 Å². The van der Waals surface area contributed by atoms with E-state index in [4.69, 9.17) is 18.9 Å². The van der Waals surface area contributed by atoms with Crippen LogP contribution >= 0.6 is 27.3 Å². The number of methoxy groups -OCH3 is 2. The van der Waals surface area contributed by atoms with Gasteiger partial charge in [0, 0.05) is 12.1 Å². The Bertz CT molecular complexity index is 2000. The van der Waals surface area contributed by atoms with Crippen LogP contribution < -0.4 is 29.1 Å². The number of thiazole rings is 1. The fourth-order valence-electron chi connectivity index (χ4n) is 4.88. The topological polar surface area (TPSA) is 131 Å². The first-order chi connectivity index (χ1) is 21.6. The van der Waals surface area contributed by atoms with Gasteiger partial charge in [0.25, 0.3) is 11.2 Å². The number of carbonyl (C=O) groups excluding carboxylic acids is 1. The van der Waals surface area contributed by atoms with Crippen LogP contribution in [0.5, 0.6) is 17.2 Å². The number of nitro groups is 1. The largest absolute Gasteiger partial charge is 0.496 e. The van der Waals surface area contributed by atoms with Crippen molar-refractivity contribution in [3.63, 3.8) is 0 Å². The average Bonchev–Trinajstić information content (AvgIpc) is 3.33. The Kier molecular flexibility index (Phi) is 9.49. The summed E-state index contributed by atoms with van der Waals surface area (Å²) in [5, 5.41) is 10.9. The summed E-state index contributed by atoms with van der Waals surface area (Å²) in [6.07, 6.45) is 1.73. The van der Waals surface area contributed by atoms with Gasteiger partial charge in [-0.05, 0) is 88.9 Å². The first-order valence-electron chi connectivity index (χ1n) is 13.7. The molecule has 0 saturated carbocycles. The lowest BCUT2D eigenvalue weighted by atomic mass is 9.96. The minimum atomic E-state index is -0.769. The Morgan fingerprint density at radius 1 is 1.07 bits per heavy atom. The standard InChI is InChI=1S/C32H28BrN3O8S/c1-5-43-31(38)28-18(2)34-32-35(29(28)21-9-13-24(41-3)23(33)16-21)30(37)27(45-32)15-20-8-12-25(26(14-20)42-4)44-17-19-6-10-22(11-7-19)36(39)40/h6-16,29H,5,17H2,1-4H3/b27-15+/t29-/m0/s1. The lowest BCUT2D eigenvalue weighted by Crippen LogP contribution is -2.39. The zero-order chi connectivity index (χ0) is 32.2. The molecule has 3 aromatic carbocycles. The average molecular weight is 695 g/mol. The number of non-ortho nitro benzene ring substituents is 1. The molecule has 232 valence electrons. The Hall–Kier alpha value is -4.75. The van der Waals surface area contributed by atoms with E-state index >= 15 is 0 Å². The molecule has 4 aromatic rings. The summed E-state index contributed by atoms with van der Waals surface area (Å²) in [5.41, 5.74) is 2.56. The Labute approximate surface area is 269 Å². The van der Waals surface area contributed by atoms with Gasteiger partial charge in [0.2, 0.25) is 0 Å². The number of rotatable bonds is 10. The molecule has 0 amide bonds. The van der Waals surface area contributed by atoms with Crippen LogP contribution in [0, 0.1) is 10.1 Å². The molecule has 1 aromatic heterocycles. The quantitative estimate of drug-likeness (QED) is 0.128. The van der Waals surface area contributed by atoms with Crippen LogP contribution in [0.15, 0.2) is 86.2 Å². The number of carbonyl (C=O) groups is 1. The molecule has 5 rings (SSSR count). The summed E-state index contributed by atoms with van der Waals surface area (Å²) in [7, 11) is 3.07. The van der Waals surface area contributed by atoms with E-state index in [0.717, 1.165) is 5.56 Å². The molecular weight excluding hydrogens is 666 g/mol. The highest BCUT2D eigenvalue weighted by molar-refractivity contribution is 9.10. The highest BCUT2D eigenvalue weighted by Crippen LogP contribution is 2.35. The van der Waals surface area contributed by atoms with Crippen molar-refractivity contribution >= 4 is 45.0 Å². The van der Waals surface area contributed by atoms with E-state index in [1.165, 1.54) is 35.1 Å². The predicted octanol–water partition coefficient (Wildman–Crippen LogP) is 5.07. The van der Waals surface area contributed by atoms with Gasteiger partial charge in [0.1, 0.15) is 12.4 Å². The maximum absolute atomic E-state index is 14.0. The number of benzene rings is 3. The van der Waals surface area contributed by atoms with Gasteiger partial charge >= 0.3 is 5.97 Å². The summed E-state index contributed by atoms with van der Waals surface area (Å²) in [4.78, 5) is 42.6. The van der Waals surface area contributed by atoms with Gasteiger partial charge in [0.05, 0.1) is 52.1 Å². The van der Waals surface area contributed by atoms with Crippen LogP contribution in [0.1, 0.15) is 36.6 Å². The summed E-state index contributed by atoms with van der Waals surface area (Å²) in [6, 6.07) is 16.0. The first-order valence-corrected chi connectivity index (χ1v) is 15.3. The number of esters is 1. The monoisotopic (exact) mass is 693 g/mol. The number of nitrogens with zero attached hydrogens (tertiary/aromatic N) is 3. The smallest absolute Gasteiger partial charge is 0.338 e. The third-order valence-corrected chi connectivity index (χ3v) is 8.64. The van der Waals surface area contributed by atoms with Crippen LogP contribution in [0.2, 0.25) is 0 Å². The summed E-state index contributed by atoms with van der Waals surface area (Å²) >= 11 is 4.73. The number of aromatic nitrogens is 1. The number of fused-ring (bicyclic) bond motifs is 1. The van der Waals surface area contributed by atoms with Gasteiger partial charge in [-0.2, -0.15) is 0 Å². The van der Waals surface area contributed by atoms with E-state index < -0.39 is 16.9 Å². The molecule has 0 radical (unpaired) electrons. The number of hydrogen-bond donors (Lipinski definition) is 0. The van der Waals surface area contributed by atoms with Crippen LogP contribution in [0.3, 0.4) is 0 Å². The van der Waals surface area contributed by atoms with E-state index in [1.807, 2.05) is 12.1 Å². The molecular formula is C32H28BrN3O8S. The fourth-order valence-corrected chi connectivity index (χ4v) is 6.48. The van der Waals surface area contributed by atoms with Crippen LogP contribution in [-0.4, -0.2) is 36.3 Å². The minimum Gasteiger partial charge on any atom is -0.496 e. The minimum absolute atomic E-state index is 0.00133. The van der Waals surface area contributed by atoms with Crippen molar-refractivity contribution in [1.82, 2.24) is 4.57 Å². The molecule has 0 unspecified atom stereocenters. The van der Waals surface area contributed by atoms with E-state index in [1.54, 1.807) is 63.4 Å². The molecule has 1 aliphatic rings. The van der Waals surface area contributed by atoms with Gasteiger partial charge in [0.15, 0.2) is 16.3 Å². The zero-order valence-corrected chi connectivity index (χ0v) is 27.1. The number of nitro benzene ring substituents is 1. The molecule has 45 heavy (non-hydrogen) atoms. The lowest BCUT2D eigenvalue weighted by Gasteiger charge is -2.25. The molecule has 11 nitrogen and oxygen atoms in total. The molecule has 13 heteroatoms. The number of hydrogen-bond acceptors (Lipinski definition) is 10. The normalized spacial score (nSPS) is 14.4. The second kappa shape index (κ2) is 13.5. The van der Waals surface area contributed by atoms with E-state index in [2.05, 4.69) is 20.9 Å². The summed E-state index contributed by atoms with van der Waals surface area (Å²) in [5.74, 6) is 0.978. The van der Waals surface area contributed by atoms with Crippen molar-refractivity contribution in [1.29, 1.82) is 0 Å². The van der Waals surface area contributed by atoms with Crippen molar-refractivity contribution in [3.8, 4) is 17.2 Å². The molecule has 0 bridgehead atoms. The molecule has 0 spiro atoms. The van der Waals surface area contributed by atoms with Crippen molar-refractivity contribution in [2.45, 2.75) is 26.5 Å². The van der Waals surface area contributed by atoms with Crippen molar-refractivity contribution in [2.24, 2.45) is 4.99 Å². The maximum Gasteiger partial charge on any atom is 0.338 e. The Morgan fingerprint density at radius 3 is 2.42 bits per heavy atom. The second-order valence-corrected chi connectivity index (χ2v) is 11.7. The predicted molar refractivity (Wildman–Crippen MR) is 172 cm³/mol. The Balaban J connectivity index is 1.52. The molecule has 0 aliphatic carbocycles. The molecule has 1 atom stereocenters. The number of halogens is 1. The fraction of sp³-hybridized carbons (Fsp3) is 0.219. The maximum atomic E-state index is 14.0. The summed E-state index contributed by atoms with van der Waals surface area (Å²) < 4.78 is 24.8. The van der Waals surface area contributed by atoms with Crippen molar-refractivity contribution < 1.29 is 28.7 Å².